The first-order valence-electron chi connectivity index (χ1n) is 7.31. The molecule has 9 heteroatoms. The van der Waals surface area contributed by atoms with Gasteiger partial charge in [-0.05, 0) is 35.7 Å². The lowest BCUT2D eigenvalue weighted by Gasteiger charge is -2.31. The lowest BCUT2D eigenvalue weighted by atomic mass is 10.2. The van der Waals surface area contributed by atoms with Crippen LogP contribution in [-0.4, -0.2) is 44.7 Å². The van der Waals surface area contributed by atoms with Gasteiger partial charge >= 0.3 is 6.03 Å². The zero-order valence-electron chi connectivity index (χ0n) is 13.4. The standard InChI is InChI=1S/C13H14N2O3.C3H2Cl2O2/c1-2-14-11(16)8-12(17)15(13(14)18)9-10-6-4-3-5-7-10;4-2(6)1-3(5)7/h3-7H,2,8-9H2,1H3;1H2. The van der Waals surface area contributed by atoms with E-state index in [0.29, 0.717) is 0 Å². The number of nitrogens with zero attached hydrogens (tertiary/aromatic N) is 2. The summed E-state index contributed by atoms with van der Waals surface area (Å²) in [7, 11) is 0. The van der Waals surface area contributed by atoms with E-state index in [1.54, 1.807) is 6.92 Å². The van der Waals surface area contributed by atoms with E-state index < -0.39 is 28.3 Å². The van der Waals surface area contributed by atoms with Crippen molar-refractivity contribution >= 4 is 51.5 Å². The molecule has 1 aliphatic heterocycles. The predicted molar refractivity (Wildman–Crippen MR) is 90.7 cm³/mol. The van der Waals surface area contributed by atoms with Crippen molar-refractivity contribution < 1.29 is 24.0 Å². The van der Waals surface area contributed by atoms with Crippen LogP contribution in [0.2, 0.25) is 0 Å². The molecule has 2 rings (SSSR count). The molecule has 0 saturated carbocycles. The maximum Gasteiger partial charge on any atom is 0.333 e. The first kappa shape index (κ1) is 20.8. The van der Waals surface area contributed by atoms with Gasteiger partial charge in [0.1, 0.15) is 6.42 Å². The second-order valence-corrected chi connectivity index (χ2v) is 5.79. The van der Waals surface area contributed by atoms with E-state index in [0.717, 1.165) is 15.4 Å². The molecule has 0 bridgehead atoms. The molecular weight excluding hydrogens is 371 g/mol. The zero-order chi connectivity index (χ0) is 19.0. The van der Waals surface area contributed by atoms with Crippen molar-refractivity contribution in [3.8, 4) is 0 Å². The highest BCUT2D eigenvalue weighted by Gasteiger charge is 2.36. The summed E-state index contributed by atoms with van der Waals surface area (Å²) in [6, 6.07) is 8.71. The minimum Gasteiger partial charge on any atom is -0.281 e. The number of amides is 4. The van der Waals surface area contributed by atoms with Crippen molar-refractivity contribution in [3.05, 3.63) is 35.9 Å². The fraction of sp³-hybridized carbons (Fsp3) is 0.312. The summed E-state index contributed by atoms with van der Waals surface area (Å²) in [6.07, 6.45) is -0.616. The smallest absolute Gasteiger partial charge is 0.281 e. The third-order valence-corrected chi connectivity index (χ3v) is 3.41. The topological polar surface area (TPSA) is 91.8 Å². The maximum absolute atomic E-state index is 12.0. The van der Waals surface area contributed by atoms with Crippen LogP contribution < -0.4 is 0 Å². The van der Waals surface area contributed by atoms with Gasteiger partial charge in [0.25, 0.3) is 0 Å². The molecule has 4 amide bonds. The Bertz CT molecular complexity index is 666. The Balaban J connectivity index is 0.000000381. The third kappa shape index (κ3) is 6.64. The van der Waals surface area contributed by atoms with E-state index in [1.807, 2.05) is 30.3 Å². The van der Waals surface area contributed by atoms with E-state index in [2.05, 4.69) is 0 Å². The van der Waals surface area contributed by atoms with E-state index in [1.165, 1.54) is 0 Å². The molecule has 0 aromatic heterocycles. The molecule has 1 fully saturated rings. The maximum atomic E-state index is 12.0. The summed E-state index contributed by atoms with van der Waals surface area (Å²) in [6.45, 7) is 2.21. The minimum atomic E-state index is -0.722. The number of rotatable bonds is 5. The SMILES string of the molecule is CCN1C(=O)CC(=O)N(Cc2ccccc2)C1=O.O=C(Cl)CC(=O)Cl. The van der Waals surface area contributed by atoms with Gasteiger partial charge in [-0.1, -0.05) is 30.3 Å². The third-order valence-electron chi connectivity index (χ3n) is 3.14. The van der Waals surface area contributed by atoms with Crippen molar-refractivity contribution in [2.75, 3.05) is 6.54 Å². The largest absolute Gasteiger partial charge is 0.333 e. The molecule has 134 valence electrons. The number of benzene rings is 1. The number of carbonyl (C=O) groups excluding carboxylic acids is 5. The van der Waals surface area contributed by atoms with E-state index >= 15 is 0 Å². The second-order valence-electron chi connectivity index (χ2n) is 4.95. The summed E-state index contributed by atoms with van der Waals surface area (Å²) in [5.41, 5.74) is 0.865. The first-order chi connectivity index (χ1) is 11.8. The highest BCUT2D eigenvalue weighted by atomic mass is 35.5. The molecule has 0 atom stereocenters. The van der Waals surface area contributed by atoms with Crippen LogP contribution in [0.3, 0.4) is 0 Å². The van der Waals surface area contributed by atoms with Crippen molar-refractivity contribution in [2.45, 2.75) is 26.3 Å². The van der Waals surface area contributed by atoms with Crippen LogP contribution in [0.4, 0.5) is 4.79 Å². The minimum absolute atomic E-state index is 0.211. The Morgan fingerprint density at radius 1 is 0.960 bits per heavy atom. The molecule has 1 saturated heterocycles. The molecular formula is C16H16Cl2N2O5. The number of barbiturate groups is 1. The van der Waals surface area contributed by atoms with Crippen LogP contribution in [0.25, 0.3) is 0 Å². The monoisotopic (exact) mass is 386 g/mol. The molecule has 0 spiro atoms. The molecule has 0 N–H and O–H groups in total. The molecule has 0 aliphatic carbocycles. The van der Waals surface area contributed by atoms with Gasteiger partial charge in [0.15, 0.2) is 0 Å². The van der Waals surface area contributed by atoms with Gasteiger partial charge in [-0.25, -0.2) is 4.79 Å². The van der Waals surface area contributed by atoms with Gasteiger partial charge in [0, 0.05) is 6.54 Å². The average Bonchev–Trinajstić information content (AvgIpc) is 2.52. The Morgan fingerprint density at radius 2 is 1.48 bits per heavy atom. The number of urea groups is 1. The highest BCUT2D eigenvalue weighted by Crippen LogP contribution is 2.15. The van der Waals surface area contributed by atoms with Crippen LogP contribution in [0.5, 0.6) is 0 Å². The van der Waals surface area contributed by atoms with E-state index in [4.69, 9.17) is 23.2 Å². The number of hydrogen-bond donors (Lipinski definition) is 0. The highest BCUT2D eigenvalue weighted by molar-refractivity contribution is 6.72. The summed E-state index contributed by atoms with van der Waals surface area (Å²) in [5.74, 6) is -0.852. The van der Waals surface area contributed by atoms with E-state index in [9.17, 15) is 24.0 Å². The molecule has 1 heterocycles. The van der Waals surface area contributed by atoms with Gasteiger partial charge in [0.2, 0.25) is 22.3 Å². The van der Waals surface area contributed by atoms with Gasteiger partial charge in [-0.3, -0.25) is 29.0 Å². The summed E-state index contributed by atoms with van der Waals surface area (Å²) in [4.78, 5) is 56.9. The van der Waals surface area contributed by atoms with Crippen molar-refractivity contribution in [2.24, 2.45) is 0 Å². The quantitative estimate of drug-likeness (QED) is 0.571. The zero-order valence-corrected chi connectivity index (χ0v) is 14.9. The normalized spacial score (nSPS) is 14.1. The van der Waals surface area contributed by atoms with Crippen LogP contribution in [-0.2, 0) is 25.7 Å². The fourth-order valence-corrected chi connectivity index (χ4v) is 2.33. The van der Waals surface area contributed by atoms with Crippen LogP contribution in [0.1, 0.15) is 25.3 Å². The Labute approximate surface area is 154 Å². The molecule has 1 aliphatic rings. The average molecular weight is 387 g/mol. The van der Waals surface area contributed by atoms with Crippen molar-refractivity contribution in [1.82, 2.24) is 9.80 Å². The summed E-state index contributed by atoms with van der Waals surface area (Å²) >= 11 is 9.46. The summed E-state index contributed by atoms with van der Waals surface area (Å²) < 4.78 is 0. The molecule has 0 radical (unpaired) electrons. The van der Waals surface area contributed by atoms with Crippen LogP contribution in [0.15, 0.2) is 30.3 Å². The first-order valence-corrected chi connectivity index (χ1v) is 8.07. The van der Waals surface area contributed by atoms with Crippen molar-refractivity contribution in [1.29, 1.82) is 0 Å². The van der Waals surface area contributed by atoms with Gasteiger partial charge in [-0.2, -0.15) is 0 Å². The fourth-order valence-electron chi connectivity index (χ4n) is 2.02. The Morgan fingerprint density at radius 3 is 1.92 bits per heavy atom. The lowest BCUT2D eigenvalue weighted by molar-refractivity contribution is -0.142. The lowest BCUT2D eigenvalue weighted by Crippen LogP contribution is -2.54. The van der Waals surface area contributed by atoms with Crippen LogP contribution >= 0.6 is 23.2 Å². The molecule has 25 heavy (non-hydrogen) atoms. The van der Waals surface area contributed by atoms with Gasteiger partial charge in [-0.15, -0.1) is 0 Å². The molecule has 0 unspecified atom stereocenters. The van der Waals surface area contributed by atoms with Crippen molar-refractivity contribution in [3.63, 3.8) is 0 Å². The number of hydrogen-bond acceptors (Lipinski definition) is 5. The number of halogens is 2. The molecule has 1 aromatic rings. The Kier molecular flexibility index (Phi) is 8.24. The molecule has 7 nitrogen and oxygen atoms in total. The number of imide groups is 2. The van der Waals surface area contributed by atoms with E-state index in [-0.39, 0.29) is 25.9 Å². The number of carbonyl (C=O) groups is 5. The predicted octanol–water partition coefficient (Wildman–Crippen LogP) is 2.29. The molecule has 1 aromatic carbocycles. The second kappa shape index (κ2) is 9.90. The van der Waals surface area contributed by atoms with Gasteiger partial charge in [0.05, 0.1) is 13.0 Å². The van der Waals surface area contributed by atoms with Crippen LogP contribution in [0, 0.1) is 0 Å². The summed E-state index contributed by atoms with van der Waals surface area (Å²) in [5, 5.41) is -1.44. The Hall–Kier alpha value is -2.25. The van der Waals surface area contributed by atoms with Gasteiger partial charge < -0.3 is 0 Å².